The summed E-state index contributed by atoms with van der Waals surface area (Å²) in [4.78, 5) is 13.6. The highest BCUT2D eigenvalue weighted by atomic mass is 19.1. The van der Waals surface area contributed by atoms with E-state index in [9.17, 15) is 13.6 Å². The molecule has 0 saturated carbocycles. The maximum atomic E-state index is 13.6. The van der Waals surface area contributed by atoms with Gasteiger partial charge in [-0.3, -0.25) is 0 Å². The summed E-state index contributed by atoms with van der Waals surface area (Å²) in [6.07, 6.45) is -0.963. The number of hydrogen-bond donors (Lipinski definition) is 0. The lowest BCUT2D eigenvalue weighted by Gasteiger charge is -2.34. The number of rotatable bonds is 3. The molecule has 0 aliphatic carbocycles. The van der Waals surface area contributed by atoms with Crippen LogP contribution in [0.5, 0.6) is 5.75 Å². The van der Waals surface area contributed by atoms with Crippen LogP contribution < -0.4 is 4.74 Å². The summed E-state index contributed by atoms with van der Waals surface area (Å²) in [6.45, 7) is 6.14. The molecule has 1 aromatic rings. The van der Waals surface area contributed by atoms with Gasteiger partial charge in [-0.1, -0.05) is 0 Å². The minimum atomic E-state index is -0.988. The van der Waals surface area contributed by atoms with Crippen molar-refractivity contribution >= 4 is 6.09 Å². The molecular weight excluding hydrogens is 334 g/mol. The van der Waals surface area contributed by atoms with Crippen LogP contribution in [0, 0.1) is 23.0 Å². The molecule has 1 fully saturated rings. The van der Waals surface area contributed by atoms with E-state index in [0.29, 0.717) is 12.6 Å². The molecule has 0 N–H and O–H groups in total. The molecule has 0 bridgehead atoms. The lowest BCUT2D eigenvalue weighted by Crippen LogP contribution is -2.49. The number of morpholine rings is 1. The number of carbonyl (C=O) groups is 1. The van der Waals surface area contributed by atoms with Crippen molar-refractivity contribution in [3.63, 3.8) is 0 Å². The number of ether oxygens (including phenoxy) is 3. The predicted molar refractivity (Wildman–Crippen MR) is 84.1 cm³/mol. The Morgan fingerprint density at radius 3 is 2.80 bits per heavy atom. The van der Waals surface area contributed by atoms with Crippen molar-refractivity contribution in [2.75, 3.05) is 26.3 Å². The van der Waals surface area contributed by atoms with E-state index in [1.807, 2.05) is 0 Å². The molecule has 1 saturated heterocycles. The second-order valence-corrected chi connectivity index (χ2v) is 6.60. The first-order chi connectivity index (χ1) is 11.7. The van der Waals surface area contributed by atoms with E-state index in [4.69, 9.17) is 19.5 Å². The Morgan fingerprint density at radius 2 is 2.16 bits per heavy atom. The number of nitrogens with zero attached hydrogens (tertiary/aromatic N) is 2. The molecule has 1 aliphatic heterocycles. The highest BCUT2D eigenvalue weighted by Gasteiger charge is 2.28. The van der Waals surface area contributed by atoms with Crippen molar-refractivity contribution in [3.8, 4) is 11.8 Å². The summed E-state index contributed by atoms with van der Waals surface area (Å²) in [6, 6.07) is 3.20. The van der Waals surface area contributed by atoms with Crippen LogP contribution in [0.2, 0.25) is 0 Å². The zero-order valence-corrected chi connectivity index (χ0v) is 14.3. The molecule has 1 amide bonds. The van der Waals surface area contributed by atoms with Gasteiger partial charge in [0.05, 0.1) is 13.2 Å². The highest BCUT2D eigenvalue weighted by Crippen LogP contribution is 2.23. The lowest BCUT2D eigenvalue weighted by atomic mass is 10.2. The molecule has 136 valence electrons. The number of amides is 1. The van der Waals surface area contributed by atoms with Gasteiger partial charge in [-0.05, 0) is 20.8 Å². The average molecular weight is 354 g/mol. The van der Waals surface area contributed by atoms with Gasteiger partial charge in [0.25, 0.3) is 0 Å². The van der Waals surface area contributed by atoms with Gasteiger partial charge in [0.1, 0.15) is 47.3 Å². The van der Waals surface area contributed by atoms with Crippen LogP contribution in [0.15, 0.2) is 12.1 Å². The van der Waals surface area contributed by atoms with Crippen LogP contribution in [0.1, 0.15) is 26.3 Å². The molecule has 1 aromatic carbocycles. The lowest BCUT2D eigenvalue weighted by molar-refractivity contribution is -0.0557. The third-order valence-electron chi connectivity index (χ3n) is 3.35. The van der Waals surface area contributed by atoms with Crippen molar-refractivity contribution in [1.82, 2.24) is 4.90 Å². The summed E-state index contributed by atoms with van der Waals surface area (Å²) >= 11 is 0. The molecule has 0 radical (unpaired) electrons. The van der Waals surface area contributed by atoms with Crippen LogP contribution >= 0.6 is 0 Å². The van der Waals surface area contributed by atoms with E-state index in [1.54, 1.807) is 26.8 Å². The van der Waals surface area contributed by atoms with E-state index >= 15 is 0 Å². The van der Waals surface area contributed by atoms with Gasteiger partial charge in [0, 0.05) is 18.7 Å². The molecule has 6 nitrogen and oxygen atoms in total. The first-order valence-electron chi connectivity index (χ1n) is 7.81. The summed E-state index contributed by atoms with van der Waals surface area (Å²) in [5.41, 5.74) is -0.983. The monoisotopic (exact) mass is 354 g/mol. The molecule has 1 unspecified atom stereocenters. The Bertz CT molecular complexity index is 682. The number of nitriles is 1. The first-order valence-corrected chi connectivity index (χ1v) is 7.81. The van der Waals surface area contributed by atoms with Crippen LogP contribution in [0.4, 0.5) is 13.6 Å². The third kappa shape index (κ3) is 5.29. The Labute approximate surface area is 144 Å². The minimum Gasteiger partial charge on any atom is -0.489 e. The number of hydrogen-bond acceptors (Lipinski definition) is 5. The summed E-state index contributed by atoms with van der Waals surface area (Å²) in [5, 5.41) is 8.96. The Kier molecular flexibility index (Phi) is 5.80. The maximum absolute atomic E-state index is 13.6. The molecule has 0 aromatic heterocycles. The van der Waals surface area contributed by atoms with E-state index in [2.05, 4.69) is 0 Å². The van der Waals surface area contributed by atoms with Crippen molar-refractivity contribution < 1.29 is 27.8 Å². The van der Waals surface area contributed by atoms with Gasteiger partial charge < -0.3 is 19.1 Å². The molecule has 2 rings (SSSR count). The molecule has 1 atom stereocenters. The Morgan fingerprint density at radius 1 is 1.44 bits per heavy atom. The van der Waals surface area contributed by atoms with Gasteiger partial charge in [-0.15, -0.1) is 0 Å². The van der Waals surface area contributed by atoms with Crippen molar-refractivity contribution in [1.29, 1.82) is 5.26 Å². The van der Waals surface area contributed by atoms with Crippen molar-refractivity contribution in [3.05, 3.63) is 29.3 Å². The number of halogens is 2. The molecule has 0 spiro atoms. The standard InChI is InChI=1S/C17H20F2N2O4/c1-17(2,3)25-16(22)21-4-5-23-12(9-21)10-24-15-7-11(18)6-14(19)13(15)8-20/h6-7,12H,4-5,9-10H2,1-3H3. The number of carbonyl (C=O) groups excluding carboxylic acids is 1. The van der Waals surface area contributed by atoms with Crippen molar-refractivity contribution in [2.24, 2.45) is 0 Å². The van der Waals surface area contributed by atoms with E-state index in [1.165, 1.54) is 4.90 Å². The summed E-state index contributed by atoms with van der Waals surface area (Å²) in [7, 11) is 0. The minimum absolute atomic E-state index is 0.0587. The fourth-order valence-corrected chi connectivity index (χ4v) is 2.27. The summed E-state index contributed by atoms with van der Waals surface area (Å²) < 4.78 is 43.0. The SMILES string of the molecule is CC(C)(C)OC(=O)N1CCOC(COc2cc(F)cc(F)c2C#N)C1. The quantitative estimate of drug-likeness (QED) is 0.835. The Balaban J connectivity index is 1.98. The fourth-order valence-electron chi connectivity index (χ4n) is 2.27. The normalized spacial score (nSPS) is 17.8. The van der Waals surface area contributed by atoms with Crippen LogP contribution in [0.3, 0.4) is 0 Å². The van der Waals surface area contributed by atoms with E-state index in [0.717, 1.165) is 6.07 Å². The molecule has 1 heterocycles. The third-order valence-corrected chi connectivity index (χ3v) is 3.35. The van der Waals surface area contributed by atoms with Gasteiger partial charge in [0.2, 0.25) is 0 Å². The zero-order valence-electron chi connectivity index (χ0n) is 14.3. The Hall–Kier alpha value is -2.40. The smallest absolute Gasteiger partial charge is 0.410 e. The maximum Gasteiger partial charge on any atom is 0.410 e. The summed E-state index contributed by atoms with van der Waals surface area (Å²) in [5.74, 6) is -2.03. The van der Waals surface area contributed by atoms with E-state index < -0.39 is 29.4 Å². The highest BCUT2D eigenvalue weighted by molar-refractivity contribution is 5.68. The van der Waals surface area contributed by atoms with Gasteiger partial charge in [-0.25, -0.2) is 13.6 Å². The van der Waals surface area contributed by atoms with Crippen LogP contribution in [-0.4, -0.2) is 49.0 Å². The molecule has 25 heavy (non-hydrogen) atoms. The van der Waals surface area contributed by atoms with Gasteiger partial charge in [0.15, 0.2) is 0 Å². The first kappa shape index (κ1) is 18.9. The van der Waals surface area contributed by atoms with Crippen molar-refractivity contribution in [2.45, 2.75) is 32.5 Å². The molecule has 8 heteroatoms. The van der Waals surface area contributed by atoms with Crippen LogP contribution in [0.25, 0.3) is 0 Å². The van der Waals surface area contributed by atoms with Gasteiger partial charge >= 0.3 is 6.09 Å². The largest absolute Gasteiger partial charge is 0.489 e. The average Bonchev–Trinajstić information content (AvgIpc) is 2.51. The number of benzene rings is 1. The molecular formula is C17H20F2N2O4. The second-order valence-electron chi connectivity index (χ2n) is 6.60. The van der Waals surface area contributed by atoms with Crippen LogP contribution in [-0.2, 0) is 9.47 Å². The fraction of sp³-hybridized carbons (Fsp3) is 0.529. The predicted octanol–water partition coefficient (Wildman–Crippen LogP) is 2.85. The second kappa shape index (κ2) is 7.66. The molecule has 1 aliphatic rings. The topological polar surface area (TPSA) is 71.8 Å². The van der Waals surface area contributed by atoms with Gasteiger partial charge in [-0.2, -0.15) is 5.26 Å². The zero-order chi connectivity index (χ0) is 18.6. The van der Waals surface area contributed by atoms with E-state index in [-0.39, 0.29) is 31.1 Å².